The molecule has 1 nitrogen and oxygen atoms in total. The Bertz CT molecular complexity index is 454. The van der Waals surface area contributed by atoms with Gasteiger partial charge in [-0.3, -0.25) is 0 Å². The Morgan fingerprint density at radius 3 is 2.62 bits per heavy atom. The second-order valence-corrected chi connectivity index (χ2v) is 5.50. The van der Waals surface area contributed by atoms with E-state index in [-0.39, 0.29) is 0 Å². The Morgan fingerprint density at radius 1 is 1.19 bits per heavy atom. The number of nitrogens with one attached hydrogen (secondary N) is 1. The first-order valence-electron chi connectivity index (χ1n) is 8.00. The average molecular weight is 283 g/mol. The van der Waals surface area contributed by atoms with Gasteiger partial charge in [-0.25, -0.2) is 0 Å². The average Bonchev–Trinajstić information content (AvgIpc) is 2.53. The van der Waals surface area contributed by atoms with Crippen molar-refractivity contribution in [3.8, 4) is 0 Å². The van der Waals surface area contributed by atoms with Crippen molar-refractivity contribution in [2.45, 2.75) is 33.1 Å². The van der Waals surface area contributed by atoms with Crippen molar-refractivity contribution in [3.05, 3.63) is 65.8 Å². The van der Waals surface area contributed by atoms with Crippen LogP contribution in [-0.2, 0) is 0 Å². The summed E-state index contributed by atoms with van der Waals surface area (Å²) in [6, 6.07) is 10.4. The number of benzene rings is 1. The molecule has 1 rings (SSSR count). The van der Waals surface area contributed by atoms with Crippen LogP contribution >= 0.6 is 0 Å². The highest BCUT2D eigenvalue weighted by Crippen LogP contribution is 2.11. The van der Waals surface area contributed by atoms with Gasteiger partial charge in [0.05, 0.1) is 0 Å². The Hall–Kier alpha value is -1.60. The van der Waals surface area contributed by atoms with Crippen LogP contribution in [0.5, 0.6) is 0 Å². The molecule has 1 unspecified atom stereocenters. The topological polar surface area (TPSA) is 12.0 Å². The molecule has 0 aliphatic carbocycles. The minimum absolute atomic E-state index is 0.819. The van der Waals surface area contributed by atoms with Crippen molar-refractivity contribution in [1.82, 2.24) is 5.32 Å². The third-order valence-electron chi connectivity index (χ3n) is 3.64. The van der Waals surface area contributed by atoms with Gasteiger partial charge in [-0.1, -0.05) is 81.0 Å². The monoisotopic (exact) mass is 283 g/mol. The molecule has 0 saturated carbocycles. The normalized spacial score (nSPS) is 14.1. The lowest BCUT2D eigenvalue weighted by Crippen LogP contribution is -2.04. The molecule has 1 atom stereocenters. The Labute approximate surface area is 130 Å². The minimum atomic E-state index is 0.819. The van der Waals surface area contributed by atoms with E-state index in [1.807, 2.05) is 13.1 Å². The first-order chi connectivity index (χ1) is 10.3. The molecule has 0 fully saturated rings. The second-order valence-electron chi connectivity index (χ2n) is 5.50. The van der Waals surface area contributed by atoms with Crippen molar-refractivity contribution in [2.75, 3.05) is 13.6 Å². The lowest BCUT2D eigenvalue weighted by molar-refractivity contribution is 0.522. The molecular weight excluding hydrogens is 254 g/mol. The van der Waals surface area contributed by atoms with Crippen molar-refractivity contribution < 1.29 is 0 Å². The lowest BCUT2D eigenvalue weighted by Gasteiger charge is -2.04. The van der Waals surface area contributed by atoms with Gasteiger partial charge in [0.2, 0.25) is 0 Å². The third kappa shape index (κ3) is 8.31. The number of hydrogen-bond acceptors (Lipinski definition) is 1. The molecule has 0 spiro atoms. The molecule has 0 bridgehead atoms. The molecule has 21 heavy (non-hydrogen) atoms. The van der Waals surface area contributed by atoms with Crippen LogP contribution in [0, 0.1) is 5.92 Å². The van der Waals surface area contributed by atoms with Gasteiger partial charge in [-0.2, -0.15) is 0 Å². The van der Waals surface area contributed by atoms with E-state index in [1.165, 1.54) is 24.0 Å². The molecule has 0 aliphatic heterocycles. The van der Waals surface area contributed by atoms with E-state index in [4.69, 9.17) is 0 Å². The Morgan fingerprint density at radius 2 is 1.95 bits per heavy atom. The summed E-state index contributed by atoms with van der Waals surface area (Å²) in [5.41, 5.74) is 2.50. The molecule has 0 aliphatic rings. The van der Waals surface area contributed by atoms with E-state index in [2.05, 4.69) is 73.8 Å². The predicted octanol–water partition coefficient (Wildman–Crippen LogP) is 5.23. The van der Waals surface area contributed by atoms with Crippen LogP contribution in [-0.4, -0.2) is 13.6 Å². The Balaban J connectivity index is 2.60. The maximum atomic E-state index is 3.17. The zero-order chi connectivity index (χ0) is 15.3. The summed E-state index contributed by atoms with van der Waals surface area (Å²) in [6.07, 6.45) is 14.8. The maximum absolute atomic E-state index is 3.17. The molecule has 1 aromatic rings. The fourth-order valence-corrected chi connectivity index (χ4v) is 1.97. The molecule has 1 N–H and O–H groups in total. The van der Waals surface area contributed by atoms with Gasteiger partial charge in [0.25, 0.3) is 0 Å². The first kappa shape index (κ1) is 17.5. The lowest BCUT2D eigenvalue weighted by atomic mass is 10.0. The van der Waals surface area contributed by atoms with Gasteiger partial charge in [0, 0.05) is 6.54 Å². The maximum Gasteiger partial charge on any atom is 0.0140 e. The number of likely N-dealkylation sites (N-methyl/N-ethyl adjacent to an activating group) is 1. The fourth-order valence-electron chi connectivity index (χ4n) is 1.97. The molecular formula is C20H29N. The van der Waals surface area contributed by atoms with Gasteiger partial charge in [0.15, 0.2) is 0 Å². The summed E-state index contributed by atoms with van der Waals surface area (Å²) in [7, 11) is 1.97. The van der Waals surface area contributed by atoms with Crippen LogP contribution in [0.25, 0.3) is 6.08 Å². The molecule has 0 aromatic heterocycles. The quantitative estimate of drug-likeness (QED) is 0.612. The number of hydrogen-bond donors (Lipinski definition) is 1. The Kier molecular flexibility index (Phi) is 9.23. The molecule has 0 heterocycles. The highest BCUT2D eigenvalue weighted by molar-refractivity contribution is 5.54. The van der Waals surface area contributed by atoms with Crippen LogP contribution in [0.4, 0.5) is 0 Å². The van der Waals surface area contributed by atoms with Crippen molar-refractivity contribution >= 4 is 6.08 Å². The largest absolute Gasteiger partial charge is 0.316 e. The highest BCUT2D eigenvalue weighted by Gasteiger charge is 1.95. The van der Waals surface area contributed by atoms with Crippen LogP contribution in [0.1, 0.15) is 38.7 Å². The van der Waals surface area contributed by atoms with Gasteiger partial charge < -0.3 is 5.32 Å². The van der Waals surface area contributed by atoms with E-state index in [0.29, 0.717) is 0 Å². The van der Waals surface area contributed by atoms with E-state index in [9.17, 15) is 0 Å². The second kappa shape index (κ2) is 11.1. The van der Waals surface area contributed by atoms with E-state index < -0.39 is 0 Å². The predicted molar refractivity (Wildman–Crippen MR) is 95.3 cm³/mol. The number of allylic oxidation sites excluding steroid dienone is 4. The molecule has 0 amide bonds. The summed E-state index contributed by atoms with van der Waals surface area (Å²) in [4.78, 5) is 0. The van der Waals surface area contributed by atoms with Crippen molar-refractivity contribution in [1.29, 1.82) is 0 Å². The van der Waals surface area contributed by atoms with E-state index in [0.717, 1.165) is 18.9 Å². The van der Waals surface area contributed by atoms with E-state index >= 15 is 0 Å². The van der Waals surface area contributed by atoms with Gasteiger partial charge >= 0.3 is 0 Å². The molecule has 0 radical (unpaired) electrons. The third-order valence-corrected chi connectivity index (χ3v) is 3.64. The van der Waals surface area contributed by atoms with Gasteiger partial charge in [-0.05, 0) is 36.9 Å². The summed E-state index contributed by atoms with van der Waals surface area (Å²) >= 11 is 0. The van der Waals surface area contributed by atoms with E-state index in [1.54, 1.807) is 0 Å². The van der Waals surface area contributed by atoms with Crippen molar-refractivity contribution in [3.63, 3.8) is 0 Å². The van der Waals surface area contributed by atoms with Crippen LogP contribution in [0.3, 0.4) is 0 Å². The summed E-state index contributed by atoms with van der Waals surface area (Å²) < 4.78 is 0. The zero-order valence-corrected chi connectivity index (χ0v) is 13.7. The van der Waals surface area contributed by atoms with Gasteiger partial charge in [0.1, 0.15) is 0 Å². The van der Waals surface area contributed by atoms with Crippen molar-refractivity contribution in [2.24, 2.45) is 5.92 Å². The number of rotatable bonds is 9. The molecule has 1 aromatic carbocycles. The fraction of sp³-hybridized carbons (Fsp3) is 0.400. The SMILES string of the molecule is CCC(C)CC\C=C/C(/C=C/c1ccccc1)=C\CNC. The summed E-state index contributed by atoms with van der Waals surface area (Å²) in [5.74, 6) is 0.819. The molecule has 114 valence electrons. The van der Waals surface area contributed by atoms with Crippen LogP contribution in [0.2, 0.25) is 0 Å². The summed E-state index contributed by atoms with van der Waals surface area (Å²) in [5, 5.41) is 3.17. The van der Waals surface area contributed by atoms with Gasteiger partial charge in [-0.15, -0.1) is 0 Å². The standard InChI is InChI=1S/C20H29N/c1-4-18(2)10-8-9-13-20(16-17-21-3)15-14-19-11-6-5-7-12-19/h5-7,9,11-16,18,21H,4,8,10,17H2,1-3H3/b13-9-,15-14+,20-16+. The highest BCUT2D eigenvalue weighted by atomic mass is 14.8. The zero-order valence-electron chi connectivity index (χ0n) is 13.7. The first-order valence-corrected chi connectivity index (χ1v) is 8.00. The molecule has 1 heteroatoms. The smallest absolute Gasteiger partial charge is 0.0140 e. The minimum Gasteiger partial charge on any atom is -0.316 e. The van der Waals surface area contributed by atoms with Crippen LogP contribution < -0.4 is 5.32 Å². The molecule has 0 saturated heterocycles. The summed E-state index contributed by atoms with van der Waals surface area (Å²) in [6.45, 7) is 5.47. The van der Waals surface area contributed by atoms with Crippen LogP contribution in [0.15, 0.2) is 60.2 Å².